The molecule has 0 aromatic heterocycles. The number of methoxy groups -OCH3 is 2. The molecule has 1 rings (SSSR count). The number of carbonyl (C=O) groups excluding carboxylic acids is 1. The van der Waals surface area contributed by atoms with E-state index in [-0.39, 0.29) is 6.54 Å². The molecule has 7 heteroatoms. The first-order valence-electron chi connectivity index (χ1n) is 5.84. The van der Waals surface area contributed by atoms with Gasteiger partial charge in [0, 0.05) is 13.7 Å². The fourth-order valence-electron chi connectivity index (χ4n) is 1.72. The molecule has 1 aromatic rings. The highest BCUT2D eigenvalue weighted by Gasteiger charge is 2.48. The van der Waals surface area contributed by atoms with E-state index in [9.17, 15) is 18.0 Å². The lowest BCUT2D eigenvalue weighted by Crippen LogP contribution is -2.53. The fourth-order valence-corrected chi connectivity index (χ4v) is 1.72. The maximum Gasteiger partial charge on any atom is 0.416 e. The standard InChI is InChI=1S/C13H16F3NO3/c1-19-11(13(14,15)16)10(12(18)20-2)17-8-9-6-4-3-5-7-9/h3-7,10-11,17H,8H2,1-2H3. The molecule has 0 fully saturated rings. The molecule has 2 atom stereocenters. The van der Waals surface area contributed by atoms with Gasteiger partial charge in [0.1, 0.15) is 6.04 Å². The minimum atomic E-state index is -4.67. The molecule has 0 aliphatic heterocycles. The molecule has 0 aliphatic rings. The van der Waals surface area contributed by atoms with Gasteiger partial charge in [-0.1, -0.05) is 30.3 Å². The van der Waals surface area contributed by atoms with E-state index in [4.69, 9.17) is 0 Å². The molecular weight excluding hydrogens is 275 g/mol. The van der Waals surface area contributed by atoms with Crippen LogP contribution in [-0.4, -0.2) is 38.5 Å². The molecule has 1 aromatic carbocycles. The largest absolute Gasteiger partial charge is 0.468 e. The number of hydrogen-bond donors (Lipinski definition) is 1. The van der Waals surface area contributed by atoms with E-state index < -0.39 is 24.3 Å². The molecule has 0 heterocycles. The van der Waals surface area contributed by atoms with E-state index in [0.29, 0.717) is 0 Å². The normalized spacial score (nSPS) is 14.7. The second kappa shape index (κ2) is 7.25. The molecule has 2 unspecified atom stereocenters. The van der Waals surface area contributed by atoms with Crippen molar-refractivity contribution in [3.63, 3.8) is 0 Å². The number of rotatable bonds is 6. The summed E-state index contributed by atoms with van der Waals surface area (Å²) in [6.45, 7) is 0.0938. The summed E-state index contributed by atoms with van der Waals surface area (Å²) in [5, 5.41) is 2.52. The molecule has 0 bridgehead atoms. The first-order chi connectivity index (χ1) is 9.40. The maximum atomic E-state index is 12.8. The molecule has 0 radical (unpaired) electrons. The van der Waals surface area contributed by atoms with Crippen LogP contribution in [-0.2, 0) is 20.8 Å². The van der Waals surface area contributed by atoms with Gasteiger partial charge in [0.25, 0.3) is 0 Å². The van der Waals surface area contributed by atoms with Crippen molar-refractivity contribution in [1.82, 2.24) is 5.32 Å². The number of carbonyl (C=O) groups is 1. The van der Waals surface area contributed by atoms with Gasteiger partial charge in [-0.3, -0.25) is 10.1 Å². The molecule has 4 nitrogen and oxygen atoms in total. The minimum absolute atomic E-state index is 0.0938. The highest BCUT2D eigenvalue weighted by Crippen LogP contribution is 2.25. The van der Waals surface area contributed by atoms with Crippen molar-refractivity contribution in [2.75, 3.05) is 14.2 Å². The van der Waals surface area contributed by atoms with Crippen molar-refractivity contribution in [2.24, 2.45) is 0 Å². The van der Waals surface area contributed by atoms with Crippen molar-refractivity contribution in [2.45, 2.75) is 24.9 Å². The zero-order chi connectivity index (χ0) is 15.2. The molecule has 0 spiro atoms. The fraction of sp³-hybridized carbons (Fsp3) is 0.462. The first-order valence-corrected chi connectivity index (χ1v) is 5.84. The lowest BCUT2D eigenvalue weighted by molar-refractivity contribution is -0.224. The van der Waals surface area contributed by atoms with Crippen molar-refractivity contribution < 1.29 is 27.4 Å². The summed E-state index contributed by atoms with van der Waals surface area (Å²) in [4.78, 5) is 11.5. The van der Waals surface area contributed by atoms with Crippen LogP contribution in [0.4, 0.5) is 13.2 Å². The molecule has 112 valence electrons. The number of nitrogens with one attached hydrogen (secondary N) is 1. The SMILES string of the molecule is COC(=O)C(NCc1ccccc1)C(OC)C(F)(F)F. The lowest BCUT2D eigenvalue weighted by atomic mass is 10.1. The topological polar surface area (TPSA) is 47.6 Å². The second-order valence-corrected chi connectivity index (χ2v) is 4.07. The Labute approximate surface area is 114 Å². The van der Waals surface area contributed by atoms with Gasteiger partial charge in [0.2, 0.25) is 0 Å². The molecule has 1 N–H and O–H groups in total. The van der Waals surface area contributed by atoms with Crippen molar-refractivity contribution in [3.8, 4) is 0 Å². The summed E-state index contributed by atoms with van der Waals surface area (Å²) < 4.78 is 47.3. The Kier molecular flexibility index (Phi) is 5.97. The molecular formula is C13H16F3NO3. The van der Waals surface area contributed by atoms with E-state index in [0.717, 1.165) is 19.8 Å². The van der Waals surface area contributed by atoms with Crippen LogP contribution in [0.15, 0.2) is 30.3 Å². The second-order valence-electron chi connectivity index (χ2n) is 4.07. The van der Waals surface area contributed by atoms with Crippen LogP contribution < -0.4 is 5.32 Å². The van der Waals surface area contributed by atoms with Crippen LogP contribution in [0.5, 0.6) is 0 Å². The van der Waals surface area contributed by atoms with Crippen LogP contribution in [0.1, 0.15) is 5.56 Å². The lowest BCUT2D eigenvalue weighted by Gasteiger charge is -2.26. The van der Waals surface area contributed by atoms with Gasteiger partial charge in [-0.05, 0) is 5.56 Å². The van der Waals surface area contributed by atoms with E-state index in [1.807, 2.05) is 0 Å². The van der Waals surface area contributed by atoms with Crippen LogP contribution in [0.25, 0.3) is 0 Å². The Morgan fingerprint density at radius 3 is 2.30 bits per heavy atom. The molecule has 0 saturated heterocycles. The van der Waals surface area contributed by atoms with Crippen LogP contribution in [0, 0.1) is 0 Å². The summed E-state index contributed by atoms with van der Waals surface area (Å²) in [7, 11) is 1.93. The van der Waals surface area contributed by atoms with Gasteiger partial charge in [0.05, 0.1) is 7.11 Å². The molecule has 20 heavy (non-hydrogen) atoms. The Hall–Kier alpha value is -1.60. The monoisotopic (exact) mass is 291 g/mol. The molecule has 0 aliphatic carbocycles. The summed E-state index contributed by atoms with van der Waals surface area (Å²) in [5.41, 5.74) is 0.749. The first kappa shape index (κ1) is 16.5. The van der Waals surface area contributed by atoms with Gasteiger partial charge in [-0.2, -0.15) is 13.2 Å². The third kappa shape index (κ3) is 4.50. The van der Waals surface area contributed by atoms with Crippen LogP contribution >= 0.6 is 0 Å². The van der Waals surface area contributed by atoms with Crippen molar-refractivity contribution in [3.05, 3.63) is 35.9 Å². The maximum absolute atomic E-state index is 12.8. The molecule has 0 amide bonds. The number of hydrogen-bond acceptors (Lipinski definition) is 4. The van der Waals surface area contributed by atoms with Gasteiger partial charge in [-0.25, -0.2) is 0 Å². The highest BCUT2D eigenvalue weighted by atomic mass is 19.4. The van der Waals surface area contributed by atoms with Crippen LogP contribution in [0.3, 0.4) is 0 Å². The van der Waals surface area contributed by atoms with E-state index in [1.165, 1.54) is 0 Å². The number of ether oxygens (including phenoxy) is 2. The van der Waals surface area contributed by atoms with Gasteiger partial charge in [0.15, 0.2) is 6.10 Å². The average Bonchev–Trinajstić information content (AvgIpc) is 2.42. The Morgan fingerprint density at radius 2 is 1.85 bits per heavy atom. The smallest absolute Gasteiger partial charge is 0.416 e. The zero-order valence-electron chi connectivity index (χ0n) is 11.1. The number of halogens is 3. The Balaban J connectivity index is 2.82. The van der Waals surface area contributed by atoms with E-state index in [1.54, 1.807) is 30.3 Å². The zero-order valence-corrected chi connectivity index (χ0v) is 11.1. The number of benzene rings is 1. The van der Waals surface area contributed by atoms with Crippen molar-refractivity contribution in [1.29, 1.82) is 0 Å². The summed E-state index contributed by atoms with van der Waals surface area (Å²) in [6.07, 6.45) is -6.93. The molecule has 0 saturated carbocycles. The highest BCUT2D eigenvalue weighted by molar-refractivity contribution is 5.76. The Bertz CT molecular complexity index is 423. The summed E-state index contributed by atoms with van der Waals surface area (Å²) in [6, 6.07) is 7.14. The van der Waals surface area contributed by atoms with Gasteiger partial charge >= 0.3 is 12.1 Å². The quantitative estimate of drug-likeness (QED) is 0.813. The average molecular weight is 291 g/mol. The number of esters is 1. The summed E-state index contributed by atoms with van der Waals surface area (Å²) in [5.74, 6) is -1.02. The van der Waals surface area contributed by atoms with Crippen molar-refractivity contribution >= 4 is 5.97 Å². The van der Waals surface area contributed by atoms with Gasteiger partial charge in [-0.15, -0.1) is 0 Å². The van der Waals surface area contributed by atoms with E-state index in [2.05, 4.69) is 14.8 Å². The third-order valence-electron chi connectivity index (χ3n) is 2.70. The van der Waals surface area contributed by atoms with Crippen LogP contribution in [0.2, 0.25) is 0 Å². The minimum Gasteiger partial charge on any atom is -0.468 e. The van der Waals surface area contributed by atoms with Gasteiger partial charge < -0.3 is 9.47 Å². The predicted molar refractivity (Wildman–Crippen MR) is 65.9 cm³/mol. The van der Waals surface area contributed by atoms with E-state index >= 15 is 0 Å². The predicted octanol–water partition coefficient (Wildman–Crippen LogP) is 1.90. The number of alkyl halides is 3. The third-order valence-corrected chi connectivity index (χ3v) is 2.70. The summed E-state index contributed by atoms with van der Waals surface area (Å²) >= 11 is 0. The Morgan fingerprint density at radius 1 is 1.25 bits per heavy atom.